The summed E-state index contributed by atoms with van der Waals surface area (Å²) in [5.41, 5.74) is 7.15. The first kappa shape index (κ1) is 12.9. The van der Waals surface area contributed by atoms with E-state index in [-0.39, 0.29) is 6.04 Å². The van der Waals surface area contributed by atoms with Gasteiger partial charge in [-0.15, -0.1) is 0 Å². The van der Waals surface area contributed by atoms with Gasteiger partial charge in [0, 0.05) is 37.4 Å². The van der Waals surface area contributed by atoms with E-state index in [1.165, 1.54) is 24.9 Å². The van der Waals surface area contributed by atoms with Gasteiger partial charge in [0.2, 0.25) is 0 Å². The van der Waals surface area contributed by atoms with Gasteiger partial charge in [0.15, 0.2) is 0 Å². The molecule has 1 aromatic heterocycles. The Morgan fingerprint density at radius 3 is 3.05 bits per heavy atom. The normalized spacial score (nSPS) is 29.3. The van der Waals surface area contributed by atoms with Crippen LogP contribution in [-0.2, 0) is 0 Å². The predicted molar refractivity (Wildman–Crippen MR) is 78.2 cm³/mol. The van der Waals surface area contributed by atoms with Crippen LogP contribution in [0.15, 0.2) is 18.3 Å². The smallest absolute Gasteiger partial charge is 0.129 e. The third-order valence-electron chi connectivity index (χ3n) is 4.53. The molecule has 0 radical (unpaired) electrons. The van der Waals surface area contributed by atoms with Gasteiger partial charge >= 0.3 is 0 Å². The molecular formula is C15H24N4. The minimum atomic E-state index is 0.0739. The van der Waals surface area contributed by atoms with E-state index >= 15 is 0 Å². The van der Waals surface area contributed by atoms with E-state index in [4.69, 9.17) is 5.73 Å². The van der Waals surface area contributed by atoms with Gasteiger partial charge in [0.05, 0.1) is 0 Å². The maximum atomic E-state index is 5.98. The molecular weight excluding hydrogens is 236 g/mol. The summed E-state index contributed by atoms with van der Waals surface area (Å²) in [5, 5.41) is 0. The molecule has 19 heavy (non-hydrogen) atoms. The number of nitrogens with zero attached hydrogens (tertiary/aromatic N) is 3. The Kier molecular flexibility index (Phi) is 3.46. The number of rotatable bonds is 2. The van der Waals surface area contributed by atoms with Crippen molar-refractivity contribution in [3.8, 4) is 0 Å². The number of fused-ring (bicyclic) bond motifs is 1. The number of hydrogen-bond acceptors (Lipinski definition) is 4. The van der Waals surface area contributed by atoms with E-state index in [1.54, 1.807) is 0 Å². The van der Waals surface area contributed by atoms with Crippen molar-refractivity contribution in [3.63, 3.8) is 0 Å². The Morgan fingerprint density at radius 1 is 1.42 bits per heavy atom. The van der Waals surface area contributed by atoms with E-state index in [0.717, 1.165) is 24.9 Å². The fourth-order valence-electron chi connectivity index (χ4n) is 3.38. The Balaban J connectivity index is 1.82. The van der Waals surface area contributed by atoms with Crippen LogP contribution in [-0.4, -0.2) is 41.6 Å². The SMILES string of the molecule is CC1CN2CCCC2CN1c1cc([C@@H](C)N)ccn1. The van der Waals surface area contributed by atoms with Crippen LogP contribution in [0.4, 0.5) is 5.82 Å². The van der Waals surface area contributed by atoms with E-state index in [0.29, 0.717) is 6.04 Å². The van der Waals surface area contributed by atoms with Gasteiger partial charge in [-0.2, -0.15) is 0 Å². The molecule has 4 nitrogen and oxygen atoms in total. The van der Waals surface area contributed by atoms with E-state index in [2.05, 4.69) is 27.8 Å². The molecule has 104 valence electrons. The Morgan fingerprint density at radius 2 is 2.26 bits per heavy atom. The minimum Gasteiger partial charge on any atom is -0.351 e. The predicted octanol–water partition coefficient (Wildman–Crippen LogP) is 1.77. The van der Waals surface area contributed by atoms with Gasteiger partial charge in [0.25, 0.3) is 0 Å². The van der Waals surface area contributed by atoms with Gasteiger partial charge in [-0.25, -0.2) is 4.98 Å². The quantitative estimate of drug-likeness (QED) is 0.880. The summed E-state index contributed by atoms with van der Waals surface area (Å²) in [7, 11) is 0. The zero-order valence-electron chi connectivity index (χ0n) is 11.9. The molecule has 2 saturated heterocycles. The lowest BCUT2D eigenvalue weighted by Crippen LogP contribution is -2.55. The highest BCUT2D eigenvalue weighted by Crippen LogP contribution is 2.28. The molecule has 2 aliphatic rings. The van der Waals surface area contributed by atoms with Crippen molar-refractivity contribution >= 4 is 5.82 Å². The zero-order chi connectivity index (χ0) is 13.4. The lowest BCUT2D eigenvalue weighted by Gasteiger charge is -2.43. The van der Waals surface area contributed by atoms with Crippen LogP contribution < -0.4 is 10.6 Å². The van der Waals surface area contributed by atoms with Gasteiger partial charge in [-0.1, -0.05) is 0 Å². The minimum absolute atomic E-state index is 0.0739. The van der Waals surface area contributed by atoms with Crippen molar-refractivity contribution in [2.24, 2.45) is 5.73 Å². The van der Waals surface area contributed by atoms with Crippen LogP contribution in [0.25, 0.3) is 0 Å². The van der Waals surface area contributed by atoms with Crippen LogP contribution in [0.2, 0.25) is 0 Å². The number of anilines is 1. The van der Waals surface area contributed by atoms with Crippen molar-refractivity contribution in [3.05, 3.63) is 23.9 Å². The van der Waals surface area contributed by atoms with E-state index in [9.17, 15) is 0 Å². The standard InChI is InChI=1S/C15H24N4/c1-11-9-18-7-3-4-14(18)10-19(11)15-8-13(12(2)16)5-6-17-15/h5-6,8,11-12,14H,3-4,7,9-10,16H2,1-2H3/t11?,12-,14?/m1/s1. The molecule has 2 fully saturated rings. The van der Waals surface area contributed by atoms with Crippen molar-refractivity contribution < 1.29 is 0 Å². The fraction of sp³-hybridized carbons (Fsp3) is 0.667. The summed E-state index contributed by atoms with van der Waals surface area (Å²) in [5.74, 6) is 1.09. The van der Waals surface area contributed by atoms with E-state index in [1.807, 2.05) is 19.2 Å². The van der Waals surface area contributed by atoms with Crippen molar-refractivity contribution in [2.75, 3.05) is 24.5 Å². The lowest BCUT2D eigenvalue weighted by atomic mass is 10.1. The summed E-state index contributed by atoms with van der Waals surface area (Å²) in [6.07, 6.45) is 4.57. The maximum Gasteiger partial charge on any atom is 0.129 e. The first-order valence-corrected chi connectivity index (χ1v) is 7.37. The van der Waals surface area contributed by atoms with Crippen molar-refractivity contribution in [1.29, 1.82) is 0 Å². The highest BCUT2D eigenvalue weighted by molar-refractivity contribution is 5.44. The Bertz CT molecular complexity index is 446. The monoisotopic (exact) mass is 260 g/mol. The van der Waals surface area contributed by atoms with Crippen LogP contribution in [0.5, 0.6) is 0 Å². The average Bonchev–Trinajstić information content (AvgIpc) is 2.85. The molecule has 3 atom stereocenters. The molecule has 3 heterocycles. The lowest BCUT2D eigenvalue weighted by molar-refractivity contribution is 0.202. The van der Waals surface area contributed by atoms with Gasteiger partial charge in [-0.05, 0) is 50.9 Å². The first-order valence-electron chi connectivity index (χ1n) is 7.37. The van der Waals surface area contributed by atoms with E-state index < -0.39 is 0 Å². The summed E-state index contributed by atoms with van der Waals surface area (Å²) < 4.78 is 0. The summed E-state index contributed by atoms with van der Waals surface area (Å²) in [4.78, 5) is 9.65. The molecule has 1 aromatic rings. The molecule has 0 saturated carbocycles. The highest BCUT2D eigenvalue weighted by Gasteiger charge is 2.34. The number of piperazine rings is 1. The Hall–Kier alpha value is -1.13. The first-order chi connectivity index (χ1) is 9.15. The summed E-state index contributed by atoms with van der Waals surface area (Å²) in [6.45, 7) is 7.87. The average molecular weight is 260 g/mol. The molecule has 2 N–H and O–H groups in total. The number of nitrogens with two attached hydrogens (primary N) is 1. The third kappa shape index (κ3) is 2.47. The van der Waals surface area contributed by atoms with Crippen molar-refractivity contribution in [1.82, 2.24) is 9.88 Å². The topological polar surface area (TPSA) is 45.4 Å². The zero-order valence-corrected chi connectivity index (χ0v) is 11.9. The van der Waals surface area contributed by atoms with Crippen LogP contribution >= 0.6 is 0 Å². The van der Waals surface area contributed by atoms with Crippen molar-refractivity contribution in [2.45, 2.75) is 44.8 Å². The molecule has 0 aromatic carbocycles. The molecule has 0 aliphatic carbocycles. The largest absolute Gasteiger partial charge is 0.351 e. The van der Waals surface area contributed by atoms with Gasteiger partial charge in [-0.3, -0.25) is 4.90 Å². The molecule has 4 heteroatoms. The molecule has 2 aliphatic heterocycles. The second kappa shape index (κ2) is 5.10. The van der Waals surface area contributed by atoms with Crippen LogP contribution in [0, 0.1) is 0 Å². The molecule has 0 amide bonds. The second-order valence-electron chi connectivity index (χ2n) is 6.03. The third-order valence-corrected chi connectivity index (χ3v) is 4.53. The summed E-state index contributed by atoms with van der Waals surface area (Å²) >= 11 is 0. The van der Waals surface area contributed by atoms with Gasteiger partial charge in [0.1, 0.15) is 5.82 Å². The number of hydrogen-bond donors (Lipinski definition) is 1. The molecule has 0 bridgehead atoms. The van der Waals surface area contributed by atoms with Gasteiger partial charge < -0.3 is 10.6 Å². The summed E-state index contributed by atoms with van der Waals surface area (Å²) in [6, 6.07) is 5.50. The molecule has 3 rings (SSSR count). The molecule has 2 unspecified atom stereocenters. The van der Waals surface area contributed by atoms with Crippen LogP contribution in [0.1, 0.15) is 38.3 Å². The fourth-order valence-corrected chi connectivity index (χ4v) is 3.38. The maximum absolute atomic E-state index is 5.98. The van der Waals surface area contributed by atoms with Crippen LogP contribution in [0.3, 0.4) is 0 Å². The molecule has 0 spiro atoms. The highest BCUT2D eigenvalue weighted by atomic mass is 15.3. The Labute approximate surface area is 115 Å². The number of aromatic nitrogens is 1. The second-order valence-corrected chi connectivity index (χ2v) is 6.03. The number of pyridine rings is 1.